The van der Waals surface area contributed by atoms with Crippen LogP contribution < -0.4 is 15.1 Å². The minimum atomic E-state index is -0.701. The van der Waals surface area contributed by atoms with E-state index in [0.29, 0.717) is 17.6 Å². The van der Waals surface area contributed by atoms with Crippen molar-refractivity contribution in [2.24, 2.45) is 0 Å². The Morgan fingerprint density at radius 1 is 1.33 bits per heavy atom. The van der Waals surface area contributed by atoms with E-state index in [1.54, 1.807) is 18.2 Å². The SMILES string of the molecule is CC/C=C/CCOc1c(O)c2c(OC)cccc2oc1=O. The maximum Gasteiger partial charge on any atom is 0.383 e. The quantitative estimate of drug-likeness (QED) is 0.502. The van der Waals surface area contributed by atoms with Crippen molar-refractivity contribution in [2.75, 3.05) is 13.7 Å². The molecule has 0 aliphatic carbocycles. The third kappa shape index (κ3) is 3.18. The van der Waals surface area contributed by atoms with Gasteiger partial charge in [0.2, 0.25) is 5.75 Å². The van der Waals surface area contributed by atoms with Crippen LogP contribution in [0.2, 0.25) is 0 Å². The molecule has 0 saturated heterocycles. The average Bonchev–Trinajstić information content (AvgIpc) is 2.49. The van der Waals surface area contributed by atoms with Crippen LogP contribution in [0.15, 0.2) is 39.6 Å². The van der Waals surface area contributed by atoms with Crippen LogP contribution in [0.4, 0.5) is 0 Å². The Bertz CT molecular complexity index is 700. The van der Waals surface area contributed by atoms with E-state index in [9.17, 15) is 9.90 Å². The molecule has 2 rings (SSSR count). The maximum absolute atomic E-state index is 11.9. The largest absolute Gasteiger partial charge is 0.503 e. The lowest BCUT2D eigenvalue weighted by atomic mass is 10.2. The number of methoxy groups -OCH3 is 1. The van der Waals surface area contributed by atoms with Crippen molar-refractivity contribution in [3.8, 4) is 17.2 Å². The molecule has 0 bridgehead atoms. The summed E-state index contributed by atoms with van der Waals surface area (Å²) in [5.74, 6) is -0.0143. The Balaban J connectivity index is 2.35. The van der Waals surface area contributed by atoms with Gasteiger partial charge in [-0.25, -0.2) is 4.79 Å². The molecule has 0 saturated carbocycles. The molecule has 0 radical (unpaired) electrons. The summed E-state index contributed by atoms with van der Waals surface area (Å²) >= 11 is 0. The first-order chi connectivity index (χ1) is 10.2. The fraction of sp³-hybridized carbons (Fsp3) is 0.312. The monoisotopic (exact) mass is 290 g/mol. The zero-order chi connectivity index (χ0) is 15.2. The summed E-state index contributed by atoms with van der Waals surface area (Å²) in [7, 11) is 1.48. The summed E-state index contributed by atoms with van der Waals surface area (Å²) in [6, 6.07) is 4.95. The lowest BCUT2D eigenvalue weighted by Gasteiger charge is -2.10. The second-order valence-electron chi connectivity index (χ2n) is 4.42. The number of benzene rings is 1. The summed E-state index contributed by atoms with van der Waals surface area (Å²) in [4.78, 5) is 11.9. The van der Waals surface area contributed by atoms with Crippen LogP contribution in [0.1, 0.15) is 19.8 Å². The van der Waals surface area contributed by atoms with Crippen molar-refractivity contribution in [2.45, 2.75) is 19.8 Å². The Kier molecular flexibility index (Phi) is 4.87. The van der Waals surface area contributed by atoms with Gasteiger partial charge in [0.25, 0.3) is 0 Å². The van der Waals surface area contributed by atoms with E-state index < -0.39 is 5.63 Å². The van der Waals surface area contributed by atoms with Gasteiger partial charge in [-0.2, -0.15) is 0 Å². The summed E-state index contributed by atoms with van der Waals surface area (Å²) in [5.41, 5.74) is -0.442. The highest BCUT2D eigenvalue weighted by atomic mass is 16.5. The fourth-order valence-corrected chi connectivity index (χ4v) is 2.00. The van der Waals surface area contributed by atoms with Crippen molar-refractivity contribution in [3.63, 3.8) is 0 Å². The maximum atomic E-state index is 11.9. The van der Waals surface area contributed by atoms with Gasteiger partial charge in [0.1, 0.15) is 16.7 Å². The van der Waals surface area contributed by atoms with E-state index in [4.69, 9.17) is 13.9 Å². The second kappa shape index (κ2) is 6.83. The van der Waals surface area contributed by atoms with Crippen molar-refractivity contribution in [1.82, 2.24) is 0 Å². The van der Waals surface area contributed by atoms with E-state index in [1.165, 1.54) is 7.11 Å². The number of rotatable bonds is 6. The molecule has 5 heteroatoms. The van der Waals surface area contributed by atoms with Crippen LogP contribution in [-0.2, 0) is 0 Å². The Morgan fingerprint density at radius 3 is 2.86 bits per heavy atom. The number of hydrogen-bond donors (Lipinski definition) is 1. The van der Waals surface area contributed by atoms with Gasteiger partial charge in [0, 0.05) is 0 Å². The highest BCUT2D eigenvalue weighted by Crippen LogP contribution is 2.37. The van der Waals surface area contributed by atoms with E-state index in [-0.39, 0.29) is 23.7 Å². The highest BCUT2D eigenvalue weighted by Gasteiger charge is 2.18. The number of fused-ring (bicyclic) bond motifs is 1. The van der Waals surface area contributed by atoms with Crippen LogP contribution in [0.5, 0.6) is 17.2 Å². The standard InChI is InChI=1S/C16H18O5/c1-3-4-5-6-10-20-15-14(17)13-11(19-2)8-7-9-12(13)21-16(15)18/h4-5,7-9,17H,3,6,10H2,1-2H3/b5-4+. The third-order valence-corrected chi connectivity index (χ3v) is 2.98. The van der Waals surface area contributed by atoms with Crippen LogP contribution in [0.3, 0.4) is 0 Å². The first-order valence-corrected chi connectivity index (χ1v) is 6.79. The molecule has 112 valence electrons. The van der Waals surface area contributed by atoms with Gasteiger partial charge in [0.05, 0.1) is 13.7 Å². The molecular formula is C16H18O5. The van der Waals surface area contributed by atoms with E-state index in [2.05, 4.69) is 0 Å². The van der Waals surface area contributed by atoms with Crippen LogP contribution >= 0.6 is 0 Å². The number of hydrogen-bond acceptors (Lipinski definition) is 5. The smallest absolute Gasteiger partial charge is 0.383 e. The molecule has 1 aromatic carbocycles. The molecule has 0 amide bonds. The molecule has 0 aliphatic rings. The van der Waals surface area contributed by atoms with Gasteiger partial charge >= 0.3 is 5.63 Å². The van der Waals surface area contributed by atoms with E-state index in [0.717, 1.165) is 6.42 Å². The van der Waals surface area contributed by atoms with Crippen molar-refractivity contribution in [1.29, 1.82) is 0 Å². The van der Waals surface area contributed by atoms with Crippen LogP contribution in [-0.4, -0.2) is 18.8 Å². The minimum Gasteiger partial charge on any atom is -0.503 e. The molecule has 5 nitrogen and oxygen atoms in total. The van der Waals surface area contributed by atoms with Gasteiger partial charge in [-0.1, -0.05) is 25.1 Å². The molecule has 1 N–H and O–H groups in total. The molecule has 0 atom stereocenters. The first kappa shape index (κ1) is 15.0. The Morgan fingerprint density at radius 2 is 2.14 bits per heavy atom. The molecule has 2 aromatic rings. The summed E-state index contributed by atoms with van der Waals surface area (Å²) in [6.45, 7) is 2.32. The van der Waals surface area contributed by atoms with Gasteiger partial charge < -0.3 is 19.0 Å². The third-order valence-electron chi connectivity index (χ3n) is 2.98. The summed E-state index contributed by atoms with van der Waals surface area (Å²) in [5, 5.41) is 10.6. The molecule has 1 aromatic heterocycles. The normalized spacial score (nSPS) is 11.1. The molecule has 21 heavy (non-hydrogen) atoms. The van der Waals surface area contributed by atoms with Crippen LogP contribution in [0.25, 0.3) is 11.0 Å². The Labute approximate surface area is 122 Å². The van der Waals surface area contributed by atoms with Gasteiger partial charge in [-0.3, -0.25) is 0 Å². The second-order valence-corrected chi connectivity index (χ2v) is 4.42. The lowest BCUT2D eigenvalue weighted by molar-refractivity contribution is 0.289. The number of allylic oxidation sites excluding steroid dienone is 1. The van der Waals surface area contributed by atoms with Gasteiger partial charge in [-0.05, 0) is 25.0 Å². The van der Waals surface area contributed by atoms with E-state index in [1.807, 2.05) is 19.1 Å². The molecular weight excluding hydrogens is 272 g/mol. The molecule has 1 heterocycles. The number of aromatic hydroxyl groups is 1. The highest BCUT2D eigenvalue weighted by molar-refractivity contribution is 5.91. The zero-order valence-corrected chi connectivity index (χ0v) is 12.1. The Hall–Kier alpha value is -2.43. The predicted molar refractivity (Wildman–Crippen MR) is 80.2 cm³/mol. The summed E-state index contributed by atoms with van der Waals surface area (Å²) < 4.78 is 15.7. The first-order valence-electron chi connectivity index (χ1n) is 6.79. The minimum absolute atomic E-state index is 0.183. The molecule has 0 fully saturated rings. The fourth-order valence-electron chi connectivity index (χ4n) is 2.00. The number of ether oxygens (including phenoxy) is 2. The van der Waals surface area contributed by atoms with E-state index >= 15 is 0 Å². The van der Waals surface area contributed by atoms with Crippen molar-refractivity contribution >= 4 is 11.0 Å². The van der Waals surface area contributed by atoms with Gasteiger partial charge in [-0.15, -0.1) is 0 Å². The van der Waals surface area contributed by atoms with Crippen molar-refractivity contribution in [3.05, 3.63) is 40.8 Å². The molecule has 0 aliphatic heterocycles. The average molecular weight is 290 g/mol. The molecule has 0 spiro atoms. The van der Waals surface area contributed by atoms with Crippen LogP contribution in [0, 0.1) is 0 Å². The summed E-state index contributed by atoms with van der Waals surface area (Å²) in [6.07, 6.45) is 5.56. The van der Waals surface area contributed by atoms with Gasteiger partial charge in [0.15, 0.2) is 5.75 Å². The predicted octanol–water partition coefficient (Wildman–Crippen LogP) is 3.24. The van der Waals surface area contributed by atoms with Crippen molar-refractivity contribution < 1.29 is 19.0 Å². The molecule has 0 unspecified atom stereocenters. The zero-order valence-electron chi connectivity index (χ0n) is 12.1. The topological polar surface area (TPSA) is 68.9 Å². The lowest BCUT2D eigenvalue weighted by Crippen LogP contribution is -2.08.